The van der Waals surface area contributed by atoms with E-state index < -0.39 is 0 Å². The molecule has 4 heteroatoms. The first-order chi connectivity index (χ1) is 7.16. The average Bonchev–Trinajstić information content (AvgIpc) is 2.20. The Balaban J connectivity index is 2.19. The standard InChI is InChI=1S/C11H11Br2NO/c12-8-1-2-11(10(13)7-8)14-5-3-9(15)4-6-14/h1-2,7H,3-6H2. The molecule has 0 spiro atoms. The summed E-state index contributed by atoms with van der Waals surface area (Å²) in [5.74, 6) is 0.375. The number of carbonyl (C=O) groups is 1. The fourth-order valence-electron chi connectivity index (χ4n) is 1.73. The summed E-state index contributed by atoms with van der Waals surface area (Å²) in [4.78, 5) is 13.4. The number of hydrogen-bond donors (Lipinski definition) is 0. The topological polar surface area (TPSA) is 20.3 Å². The summed E-state index contributed by atoms with van der Waals surface area (Å²) in [7, 11) is 0. The quantitative estimate of drug-likeness (QED) is 0.785. The van der Waals surface area contributed by atoms with E-state index in [0.717, 1.165) is 22.0 Å². The Kier molecular flexibility index (Phi) is 3.46. The summed E-state index contributed by atoms with van der Waals surface area (Å²) in [6.07, 6.45) is 1.34. The third-order valence-electron chi connectivity index (χ3n) is 2.57. The third kappa shape index (κ3) is 2.61. The molecular formula is C11H11Br2NO. The molecule has 1 fully saturated rings. The van der Waals surface area contributed by atoms with Gasteiger partial charge in [0.25, 0.3) is 0 Å². The van der Waals surface area contributed by atoms with Crippen LogP contribution in [0.1, 0.15) is 12.8 Å². The van der Waals surface area contributed by atoms with Crippen LogP contribution in [-0.4, -0.2) is 18.9 Å². The van der Waals surface area contributed by atoms with Crippen LogP contribution in [0.3, 0.4) is 0 Å². The molecule has 80 valence electrons. The zero-order chi connectivity index (χ0) is 10.8. The Morgan fingerprint density at radius 1 is 1.13 bits per heavy atom. The van der Waals surface area contributed by atoms with E-state index in [1.54, 1.807) is 0 Å². The number of hydrogen-bond acceptors (Lipinski definition) is 2. The van der Waals surface area contributed by atoms with Crippen molar-refractivity contribution in [3.8, 4) is 0 Å². The third-order valence-corrected chi connectivity index (χ3v) is 3.70. The molecule has 1 aromatic carbocycles. The maximum absolute atomic E-state index is 11.1. The highest BCUT2D eigenvalue weighted by molar-refractivity contribution is 9.11. The van der Waals surface area contributed by atoms with Crippen molar-refractivity contribution in [2.24, 2.45) is 0 Å². The molecule has 0 atom stereocenters. The molecule has 2 rings (SSSR count). The fraction of sp³-hybridized carbons (Fsp3) is 0.364. The smallest absolute Gasteiger partial charge is 0.136 e. The summed E-state index contributed by atoms with van der Waals surface area (Å²) in [6, 6.07) is 6.13. The monoisotopic (exact) mass is 331 g/mol. The lowest BCUT2D eigenvalue weighted by Crippen LogP contribution is -2.33. The predicted molar refractivity (Wildman–Crippen MR) is 68.3 cm³/mol. The van der Waals surface area contributed by atoms with Gasteiger partial charge in [-0.15, -0.1) is 0 Å². The summed E-state index contributed by atoms with van der Waals surface area (Å²) in [5.41, 5.74) is 1.17. The van der Waals surface area contributed by atoms with Crippen molar-refractivity contribution in [3.05, 3.63) is 27.1 Å². The van der Waals surface area contributed by atoms with E-state index in [9.17, 15) is 4.79 Å². The van der Waals surface area contributed by atoms with Crippen LogP contribution in [0.4, 0.5) is 5.69 Å². The number of nitrogens with zero attached hydrogens (tertiary/aromatic N) is 1. The molecule has 0 N–H and O–H groups in total. The highest BCUT2D eigenvalue weighted by Crippen LogP contribution is 2.30. The first-order valence-electron chi connectivity index (χ1n) is 4.88. The van der Waals surface area contributed by atoms with Crippen molar-refractivity contribution >= 4 is 43.3 Å². The van der Waals surface area contributed by atoms with Crippen LogP contribution in [-0.2, 0) is 4.79 Å². The van der Waals surface area contributed by atoms with Crippen LogP contribution >= 0.6 is 31.9 Å². The summed E-state index contributed by atoms with van der Waals surface area (Å²) in [6.45, 7) is 1.66. The highest BCUT2D eigenvalue weighted by Gasteiger charge is 2.17. The maximum atomic E-state index is 11.1. The summed E-state index contributed by atoms with van der Waals surface area (Å²) in [5, 5.41) is 0. The van der Waals surface area contributed by atoms with Gasteiger partial charge in [0, 0.05) is 34.9 Å². The first-order valence-corrected chi connectivity index (χ1v) is 6.47. The Labute approximate surface area is 106 Å². The lowest BCUT2D eigenvalue weighted by molar-refractivity contribution is -0.119. The van der Waals surface area contributed by atoms with Crippen LogP contribution in [0.2, 0.25) is 0 Å². The van der Waals surface area contributed by atoms with Crippen LogP contribution in [0, 0.1) is 0 Å². The lowest BCUT2D eigenvalue weighted by atomic mass is 10.1. The number of piperidine rings is 1. The minimum Gasteiger partial charge on any atom is -0.370 e. The number of Topliss-reactive ketones (excluding diaryl/α,β-unsaturated/α-hetero) is 1. The summed E-state index contributed by atoms with van der Waals surface area (Å²) < 4.78 is 2.14. The molecule has 0 saturated carbocycles. The van der Waals surface area contributed by atoms with Gasteiger partial charge >= 0.3 is 0 Å². The van der Waals surface area contributed by atoms with Crippen molar-refractivity contribution in [3.63, 3.8) is 0 Å². The molecule has 0 bridgehead atoms. The Bertz CT molecular complexity index is 382. The Hall–Kier alpha value is -0.350. The van der Waals surface area contributed by atoms with Gasteiger partial charge in [-0.1, -0.05) is 15.9 Å². The van der Waals surface area contributed by atoms with Gasteiger partial charge in [0.05, 0.1) is 5.69 Å². The second kappa shape index (κ2) is 4.66. The van der Waals surface area contributed by atoms with E-state index in [2.05, 4.69) is 42.8 Å². The van der Waals surface area contributed by atoms with Gasteiger partial charge in [0.15, 0.2) is 0 Å². The molecule has 0 aliphatic carbocycles. The van der Waals surface area contributed by atoms with Crippen LogP contribution in [0.25, 0.3) is 0 Å². The van der Waals surface area contributed by atoms with Gasteiger partial charge in [0.2, 0.25) is 0 Å². The Morgan fingerprint density at radius 3 is 2.40 bits per heavy atom. The van der Waals surface area contributed by atoms with Gasteiger partial charge < -0.3 is 4.90 Å². The molecule has 0 unspecified atom stereocenters. The maximum Gasteiger partial charge on any atom is 0.136 e. The van der Waals surface area contributed by atoms with E-state index in [-0.39, 0.29) is 0 Å². The molecular weight excluding hydrogens is 322 g/mol. The van der Waals surface area contributed by atoms with Crippen LogP contribution in [0.5, 0.6) is 0 Å². The molecule has 15 heavy (non-hydrogen) atoms. The highest BCUT2D eigenvalue weighted by atomic mass is 79.9. The number of halogens is 2. The molecule has 1 aliphatic rings. The number of rotatable bonds is 1. The predicted octanol–water partition coefficient (Wildman–Crippen LogP) is 3.38. The van der Waals surface area contributed by atoms with E-state index in [1.807, 2.05) is 12.1 Å². The molecule has 2 nitrogen and oxygen atoms in total. The van der Waals surface area contributed by atoms with Crippen molar-refractivity contribution in [1.82, 2.24) is 0 Å². The van der Waals surface area contributed by atoms with Crippen LogP contribution < -0.4 is 4.90 Å². The lowest BCUT2D eigenvalue weighted by Gasteiger charge is -2.29. The summed E-state index contributed by atoms with van der Waals surface area (Å²) >= 11 is 6.97. The Morgan fingerprint density at radius 2 is 1.80 bits per heavy atom. The minimum atomic E-state index is 0.375. The molecule has 1 aromatic rings. The molecule has 0 aromatic heterocycles. The number of benzene rings is 1. The van der Waals surface area contributed by atoms with Gasteiger partial charge in [-0.2, -0.15) is 0 Å². The SMILES string of the molecule is O=C1CCN(c2ccc(Br)cc2Br)CC1. The van der Waals surface area contributed by atoms with Crippen molar-refractivity contribution < 1.29 is 4.79 Å². The molecule has 1 aliphatic heterocycles. The largest absolute Gasteiger partial charge is 0.370 e. The van der Waals surface area contributed by atoms with Crippen molar-refractivity contribution in [2.75, 3.05) is 18.0 Å². The van der Waals surface area contributed by atoms with Gasteiger partial charge in [-0.05, 0) is 34.1 Å². The van der Waals surface area contributed by atoms with Gasteiger partial charge in [-0.25, -0.2) is 0 Å². The van der Waals surface area contributed by atoms with E-state index in [1.165, 1.54) is 5.69 Å². The fourth-order valence-corrected chi connectivity index (χ4v) is 3.03. The van der Waals surface area contributed by atoms with Crippen LogP contribution in [0.15, 0.2) is 27.1 Å². The van der Waals surface area contributed by atoms with Crippen molar-refractivity contribution in [2.45, 2.75) is 12.8 Å². The number of carbonyl (C=O) groups excluding carboxylic acids is 1. The second-order valence-electron chi connectivity index (χ2n) is 3.62. The molecule has 0 radical (unpaired) electrons. The molecule has 0 amide bonds. The van der Waals surface area contributed by atoms with E-state index >= 15 is 0 Å². The van der Waals surface area contributed by atoms with Crippen molar-refractivity contribution in [1.29, 1.82) is 0 Å². The van der Waals surface area contributed by atoms with E-state index in [0.29, 0.717) is 18.6 Å². The first kappa shape index (κ1) is 11.1. The minimum absolute atomic E-state index is 0.375. The van der Waals surface area contributed by atoms with E-state index in [4.69, 9.17) is 0 Å². The zero-order valence-corrected chi connectivity index (χ0v) is 11.3. The van der Waals surface area contributed by atoms with Gasteiger partial charge in [-0.3, -0.25) is 4.79 Å². The zero-order valence-electron chi connectivity index (χ0n) is 8.17. The average molecular weight is 333 g/mol. The van der Waals surface area contributed by atoms with Gasteiger partial charge in [0.1, 0.15) is 5.78 Å². The molecule has 1 saturated heterocycles. The number of ketones is 1. The normalized spacial score (nSPS) is 16.9. The molecule has 1 heterocycles. The number of anilines is 1. The second-order valence-corrected chi connectivity index (χ2v) is 5.39.